The van der Waals surface area contributed by atoms with Gasteiger partial charge in [-0.25, -0.2) is 4.98 Å². The molecule has 7 heteroatoms. The number of likely N-dealkylation sites (tertiary alicyclic amines) is 1. The predicted molar refractivity (Wildman–Crippen MR) is 107 cm³/mol. The molecule has 27 heavy (non-hydrogen) atoms. The first-order valence-electron chi connectivity index (χ1n) is 9.31. The maximum absolute atomic E-state index is 12.5. The second kappa shape index (κ2) is 8.45. The van der Waals surface area contributed by atoms with Gasteiger partial charge < -0.3 is 0 Å². The number of rotatable bonds is 6. The fourth-order valence-electron chi connectivity index (χ4n) is 3.30. The molecule has 1 amide bonds. The molecule has 1 saturated heterocycles. The average molecular weight is 382 g/mol. The maximum Gasteiger partial charge on any atom is 0.257 e. The molecule has 1 aliphatic heterocycles. The Morgan fingerprint density at radius 1 is 1.11 bits per heavy atom. The SMILES string of the molecule is O=C(Nc1nc(CN2CCCCC2)cs1)c1ccc(Cn2cccn2)cc1. The van der Waals surface area contributed by atoms with Gasteiger partial charge in [-0.2, -0.15) is 5.10 Å². The van der Waals surface area contributed by atoms with Gasteiger partial charge in [0.15, 0.2) is 5.13 Å². The number of nitrogens with one attached hydrogen (secondary N) is 1. The highest BCUT2D eigenvalue weighted by Gasteiger charge is 2.14. The minimum atomic E-state index is -0.125. The van der Waals surface area contributed by atoms with Gasteiger partial charge in [0.2, 0.25) is 0 Å². The zero-order chi connectivity index (χ0) is 18.5. The molecule has 1 aliphatic rings. The summed E-state index contributed by atoms with van der Waals surface area (Å²) in [5.41, 5.74) is 2.77. The van der Waals surface area contributed by atoms with Gasteiger partial charge in [-0.15, -0.1) is 11.3 Å². The Labute approximate surface area is 162 Å². The highest BCUT2D eigenvalue weighted by Crippen LogP contribution is 2.19. The number of benzene rings is 1. The van der Waals surface area contributed by atoms with E-state index in [-0.39, 0.29) is 5.91 Å². The van der Waals surface area contributed by atoms with Crippen molar-refractivity contribution < 1.29 is 4.79 Å². The van der Waals surface area contributed by atoms with Crippen LogP contribution in [0.2, 0.25) is 0 Å². The third kappa shape index (κ3) is 4.81. The highest BCUT2D eigenvalue weighted by molar-refractivity contribution is 7.13. The van der Waals surface area contributed by atoms with Gasteiger partial charge in [0.05, 0.1) is 12.2 Å². The molecule has 4 rings (SSSR count). The van der Waals surface area contributed by atoms with E-state index in [0.717, 1.165) is 30.9 Å². The molecule has 3 heterocycles. The number of piperidine rings is 1. The van der Waals surface area contributed by atoms with Crippen LogP contribution in [0.15, 0.2) is 48.1 Å². The number of hydrogen-bond acceptors (Lipinski definition) is 5. The number of anilines is 1. The Hall–Kier alpha value is -2.51. The lowest BCUT2D eigenvalue weighted by Crippen LogP contribution is -2.29. The van der Waals surface area contributed by atoms with E-state index in [4.69, 9.17) is 0 Å². The lowest BCUT2D eigenvalue weighted by atomic mass is 10.1. The molecule has 6 nitrogen and oxygen atoms in total. The largest absolute Gasteiger partial charge is 0.298 e. The predicted octanol–water partition coefficient (Wildman–Crippen LogP) is 3.63. The summed E-state index contributed by atoms with van der Waals surface area (Å²) in [6.45, 7) is 3.85. The number of aromatic nitrogens is 3. The van der Waals surface area contributed by atoms with Crippen LogP contribution in [0.3, 0.4) is 0 Å². The second-order valence-corrected chi connectivity index (χ2v) is 7.69. The molecule has 1 fully saturated rings. The minimum absolute atomic E-state index is 0.125. The van der Waals surface area contributed by atoms with Crippen LogP contribution in [-0.4, -0.2) is 38.7 Å². The average Bonchev–Trinajstić information content (AvgIpc) is 3.35. The molecule has 1 N–H and O–H groups in total. The lowest BCUT2D eigenvalue weighted by molar-refractivity contribution is 0.102. The van der Waals surface area contributed by atoms with Gasteiger partial charge in [0.25, 0.3) is 5.91 Å². The van der Waals surface area contributed by atoms with Crippen molar-refractivity contribution >= 4 is 22.4 Å². The quantitative estimate of drug-likeness (QED) is 0.708. The molecule has 0 bridgehead atoms. The van der Waals surface area contributed by atoms with Gasteiger partial charge in [0.1, 0.15) is 0 Å². The van der Waals surface area contributed by atoms with Crippen LogP contribution in [0.5, 0.6) is 0 Å². The van der Waals surface area contributed by atoms with E-state index in [1.807, 2.05) is 46.6 Å². The topological polar surface area (TPSA) is 63.1 Å². The zero-order valence-corrected chi connectivity index (χ0v) is 16.0. The number of carbonyl (C=O) groups excluding carboxylic acids is 1. The van der Waals surface area contributed by atoms with Crippen LogP contribution in [0.4, 0.5) is 5.13 Å². The van der Waals surface area contributed by atoms with Crippen molar-refractivity contribution in [3.8, 4) is 0 Å². The Bertz CT molecular complexity index is 866. The van der Waals surface area contributed by atoms with Crippen molar-refractivity contribution in [1.29, 1.82) is 0 Å². The van der Waals surface area contributed by atoms with Crippen LogP contribution < -0.4 is 5.32 Å². The van der Waals surface area contributed by atoms with E-state index >= 15 is 0 Å². The Balaban J connectivity index is 1.33. The van der Waals surface area contributed by atoms with Gasteiger partial charge in [-0.05, 0) is 49.7 Å². The maximum atomic E-state index is 12.5. The molecule has 0 aliphatic carbocycles. The molecule has 0 unspecified atom stereocenters. The van der Waals surface area contributed by atoms with Gasteiger partial charge in [0, 0.05) is 29.9 Å². The van der Waals surface area contributed by atoms with Crippen molar-refractivity contribution in [3.05, 3.63) is 64.9 Å². The Kier molecular flexibility index (Phi) is 5.60. The number of thiazole rings is 1. The molecular formula is C20H23N5OS. The van der Waals surface area contributed by atoms with E-state index in [0.29, 0.717) is 17.2 Å². The third-order valence-electron chi connectivity index (χ3n) is 4.73. The molecule has 2 aromatic heterocycles. The summed E-state index contributed by atoms with van der Waals surface area (Å²) in [7, 11) is 0. The summed E-state index contributed by atoms with van der Waals surface area (Å²) < 4.78 is 1.86. The van der Waals surface area contributed by atoms with Gasteiger partial charge in [-0.3, -0.25) is 19.7 Å². The summed E-state index contributed by atoms with van der Waals surface area (Å²) in [6, 6.07) is 9.50. The van der Waals surface area contributed by atoms with Crippen LogP contribution in [0, 0.1) is 0 Å². The monoisotopic (exact) mass is 381 g/mol. The molecule has 3 aromatic rings. The first-order valence-corrected chi connectivity index (χ1v) is 10.2. The normalized spacial score (nSPS) is 15.0. The van der Waals surface area contributed by atoms with Crippen LogP contribution in [0.1, 0.15) is 40.9 Å². The molecule has 0 saturated carbocycles. The lowest BCUT2D eigenvalue weighted by Gasteiger charge is -2.25. The van der Waals surface area contributed by atoms with Crippen LogP contribution in [0.25, 0.3) is 0 Å². The second-order valence-electron chi connectivity index (χ2n) is 6.84. The molecule has 0 atom stereocenters. The van der Waals surface area contributed by atoms with E-state index < -0.39 is 0 Å². The summed E-state index contributed by atoms with van der Waals surface area (Å²) >= 11 is 1.49. The molecule has 0 spiro atoms. The van der Waals surface area contributed by atoms with E-state index in [2.05, 4.69) is 20.3 Å². The highest BCUT2D eigenvalue weighted by atomic mass is 32.1. The molecule has 0 radical (unpaired) electrons. The number of hydrogen-bond donors (Lipinski definition) is 1. The van der Waals surface area contributed by atoms with E-state index in [9.17, 15) is 4.79 Å². The van der Waals surface area contributed by atoms with Gasteiger partial charge >= 0.3 is 0 Å². The van der Waals surface area contributed by atoms with Crippen molar-refractivity contribution in [1.82, 2.24) is 19.7 Å². The van der Waals surface area contributed by atoms with Crippen molar-refractivity contribution in [2.75, 3.05) is 18.4 Å². The minimum Gasteiger partial charge on any atom is -0.298 e. The summed E-state index contributed by atoms with van der Waals surface area (Å²) in [5.74, 6) is -0.125. The molecular weight excluding hydrogens is 358 g/mol. The first-order chi connectivity index (χ1) is 13.3. The number of carbonyl (C=O) groups is 1. The summed E-state index contributed by atoms with van der Waals surface area (Å²) in [6.07, 6.45) is 7.55. The van der Waals surface area contributed by atoms with Gasteiger partial charge in [-0.1, -0.05) is 18.6 Å². The van der Waals surface area contributed by atoms with E-state index in [1.165, 1.54) is 30.6 Å². The number of amides is 1. The van der Waals surface area contributed by atoms with Crippen molar-refractivity contribution in [2.45, 2.75) is 32.4 Å². The Morgan fingerprint density at radius 2 is 1.93 bits per heavy atom. The Morgan fingerprint density at radius 3 is 2.67 bits per heavy atom. The van der Waals surface area contributed by atoms with E-state index in [1.54, 1.807) is 6.20 Å². The summed E-state index contributed by atoms with van der Waals surface area (Å²) in [5, 5.41) is 9.81. The molecule has 140 valence electrons. The smallest absolute Gasteiger partial charge is 0.257 e. The van der Waals surface area contributed by atoms with Crippen molar-refractivity contribution in [3.63, 3.8) is 0 Å². The first kappa shape index (κ1) is 17.9. The fraction of sp³-hybridized carbons (Fsp3) is 0.350. The summed E-state index contributed by atoms with van der Waals surface area (Å²) in [4.78, 5) is 19.5. The standard InChI is InChI=1S/C20H23N5OS/c26-19(17-7-5-16(6-8-17)13-25-12-4-9-21-25)23-20-22-18(15-27-20)14-24-10-2-1-3-11-24/h4-9,12,15H,1-3,10-11,13-14H2,(H,22,23,26). The zero-order valence-electron chi connectivity index (χ0n) is 15.2. The molecule has 1 aromatic carbocycles. The fourth-order valence-corrected chi connectivity index (χ4v) is 3.99. The third-order valence-corrected chi connectivity index (χ3v) is 5.53. The number of nitrogens with zero attached hydrogens (tertiary/aromatic N) is 4. The van der Waals surface area contributed by atoms with Crippen LogP contribution in [-0.2, 0) is 13.1 Å². The van der Waals surface area contributed by atoms with Crippen LogP contribution >= 0.6 is 11.3 Å². The van der Waals surface area contributed by atoms with Crippen molar-refractivity contribution in [2.24, 2.45) is 0 Å².